The average Bonchev–Trinajstić information content (AvgIpc) is 2.78. The first kappa shape index (κ1) is 21.5. The van der Waals surface area contributed by atoms with E-state index in [-0.39, 0.29) is 23.7 Å². The molecule has 4 rings (SSSR count). The molecule has 1 aliphatic rings. The number of hydrogen-bond donors (Lipinski definition) is 0. The van der Waals surface area contributed by atoms with Crippen LogP contribution in [-0.2, 0) is 0 Å². The Hall–Kier alpha value is -2.75. The zero-order valence-electron chi connectivity index (χ0n) is 17.9. The molecule has 1 saturated carbocycles. The van der Waals surface area contributed by atoms with Gasteiger partial charge in [0.25, 0.3) is 0 Å². The van der Waals surface area contributed by atoms with E-state index in [0.717, 1.165) is 48.3 Å². The molecule has 1 nitrogen and oxygen atoms in total. The molecule has 0 aromatic heterocycles. The number of ether oxygens (including phenoxy) is 1. The number of hydrogen-bond acceptors (Lipinski definition) is 1. The molecule has 0 spiro atoms. The van der Waals surface area contributed by atoms with E-state index >= 15 is 0 Å². The molecule has 0 unspecified atom stereocenters. The minimum absolute atomic E-state index is 0.0941. The lowest BCUT2D eigenvalue weighted by Crippen LogP contribution is -2.12. The SMILES string of the molecule is CCOc1ccc(-c2ccc(-c3ccc(C4CCC(C)CC4)c(F)c3)cc2)c(F)c1F. The predicted molar refractivity (Wildman–Crippen MR) is 119 cm³/mol. The largest absolute Gasteiger partial charge is 0.491 e. The van der Waals surface area contributed by atoms with Crippen LogP contribution >= 0.6 is 0 Å². The monoisotopic (exact) mass is 424 g/mol. The Balaban J connectivity index is 1.56. The zero-order valence-corrected chi connectivity index (χ0v) is 17.9. The fourth-order valence-electron chi connectivity index (χ4n) is 4.47. The van der Waals surface area contributed by atoms with Gasteiger partial charge >= 0.3 is 0 Å². The molecule has 3 aromatic rings. The van der Waals surface area contributed by atoms with Crippen molar-refractivity contribution in [1.82, 2.24) is 0 Å². The van der Waals surface area contributed by atoms with Gasteiger partial charge in [-0.2, -0.15) is 4.39 Å². The molecule has 3 aromatic carbocycles. The van der Waals surface area contributed by atoms with Crippen LogP contribution in [0.1, 0.15) is 51.0 Å². The molecule has 0 saturated heterocycles. The zero-order chi connectivity index (χ0) is 22.0. The van der Waals surface area contributed by atoms with Gasteiger partial charge in [-0.15, -0.1) is 0 Å². The third kappa shape index (κ3) is 4.48. The quantitative estimate of drug-likeness (QED) is 0.402. The van der Waals surface area contributed by atoms with Crippen LogP contribution in [0.4, 0.5) is 13.2 Å². The van der Waals surface area contributed by atoms with Gasteiger partial charge < -0.3 is 4.74 Å². The van der Waals surface area contributed by atoms with Gasteiger partial charge in [0, 0.05) is 5.56 Å². The van der Waals surface area contributed by atoms with Crippen LogP contribution in [0.15, 0.2) is 54.6 Å². The summed E-state index contributed by atoms with van der Waals surface area (Å²) in [6.45, 7) is 4.24. The summed E-state index contributed by atoms with van der Waals surface area (Å²) in [5, 5.41) is 0. The van der Waals surface area contributed by atoms with Crippen molar-refractivity contribution >= 4 is 0 Å². The lowest BCUT2D eigenvalue weighted by atomic mass is 9.79. The summed E-state index contributed by atoms with van der Waals surface area (Å²) in [6.07, 6.45) is 4.37. The second-order valence-electron chi connectivity index (χ2n) is 8.44. The van der Waals surface area contributed by atoms with Crippen LogP contribution < -0.4 is 4.74 Å². The van der Waals surface area contributed by atoms with Crippen molar-refractivity contribution < 1.29 is 17.9 Å². The van der Waals surface area contributed by atoms with E-state index in [9.17, 15) is 13.2 Å². The van der Waals surface area contributed by atoms with Crippen LogP contribution in [0.2, 0.25) is 0 Å². The first-order chi connectivity index (χ1) is 15.0. The molecule has 0 radical (unpaired) electrons. The maximum Gasteiger partial charge on any atom is 0.201 e. The van der Waals surface area contributed by atoms with Crippen molar-refractivity contribution in [2.24, 2.45) is 5.92 Å². The molecule has 162 valence electrons. The van der Waals surface area contributed by atoms with Gasteiger partial charge in [0.15, 0.2) is 11.6 Å². The lowest BCUT2D eigenvalue weighted by molar-refractivity contribution is 0.314. The van der Waals surface area contributed by atoms with E-state index in [1.165, 1.54) is 12.1 Å². The van der Waals surface area contributed by atoms with Gasteiger partial charge in [-0.1, -0.05) is 56.2 Å². The molecule has 1 aliphatic carbocycles. The van der Waals surface area contributed by atoms with Crippen molar-refractivity contribution in [1.29, 1.82) is 0 Å². The normalized spacial score (nSPS) is 18.7. The Morgan fingerprint density at radius 3 is 2.06 bits per heavy atom. The molecule has 1 fully saturated rings. The van der Waals surface area contributed by atoms with Crippen LogP contribution in [0.25, 0.3) is 22.3 Å². The van der Waals surface area contributed by atoms with Crippen molar-refractivity contribution in [2.45, 2.75) is 45.4 Å². The van der Waals surface area contributed by atoms with E-state index in [0.29, 0.717) is 11.5 Å². The van der Waals surface area contributed by atoms with Gasteiger partial charge in [-0.05, 0) is 72.1 Å². The van der Waals surface area contributed by atoms with Gasteiger partial charge in [0.05, 0.1) is 6.61 Å². The highest BCUT2D eigenvalue weighted by atomic mass is 19.2. The molecule has 0 bridgehead atoms. The Morgan fingerprint density at radius 2 is 1.42 bits per heavy atom. The third-order valence-corrected chi connectivity index (χ3v) is 6.33. The van der Waals surface area contributed by atoms with Crippen molar-refractivity contribution in [2.75, 3.05) is 6.61 Å². The summed E-state index contributed by atoms with van der Waals surface area (Å²) in [4.78, 5) is 0. The summed E-state index contributed by atoms with van der Waals surface area (Å²) < 4.78 is 48.6. The van der Waals surface area contributed by atoms with E-state index < -0.39 is 11.6 Å². The highest BCUT2D eigenvalue weighted by Gasteiger charge is 2.22. The van der Waals surface area contributed by atoms with Crippen molar-refractivity contribution in [3.05, 3.63) is 77.6 Å². The summed E-state index contributed by atoms with van der Waals surface area (Å²) >= 11 is 0. The highest BCUT2D eigenvalue weighted by molar-refractivity contribution is 5.71. The summed E-state index contributed by atoms with van der Waals surface area (Å²) in [6, 6.07) is 15.4. The van der Waals surface area contributed by atoms with Crippen LogP contribution in [-0.4, -0.2) is 6.61 Å². The molecule has 31 heavy (non-hydrogen) atoms. The van der Waals surface area contributed by atoms with Crippen molar-refractivity contribution in [3.63, 3.8) is 0 Å². The Kier molecular flexibility index (Phi) is 6.35. The van der Waals surface area contributed by atoms with Gasteiger partial charge in [0.1, 0.15) is 5.82 Å². The fraction of sp³-hybridized carbons (Fsp3) is 0.333. The molecule has 0 N–H and O–H groups in total. The summed E-state index contributed by atoms with van der Waals surface area (Å²) in [7, 11) is 0. The minimum Gasteiger partial charge on any atom is -0.491 e. The minimum atomic E-state index is -0.988. The third-order valence-electron chi connectivity index (χ3n) is 6.33. The Morgan fingerprint density at radius 1 is 0.774 bits per heavy atom. The molecule has 0 amide bonds. The predicted octanol–water partition coefficient (Wildman–Crippen LogP) is 8.13. The Bertz CT molecular complexity index is 1050. The van der Waals surface area contributed by atoms with E-state index in [1.807, 2.05) is 12.1 Å². The molecule has 4 heteroatoms. The second kappa shape index (κ2) is 9.17. The van der Waals surface area contributed by atoms with Gasteiger partial charge in [0.2, 0.25) is 5.82 Å². The fourth-order valence-corrected chi connectivity index (χ4v) is 4.47. The van der Waals surface area contributed by atoms with Crippen LogP contribution in [0.3, 0.4) is 0 Å². The Labute approximate surface area is 181 Å². The van der Waals surface area contributed by atoms with E-state index in [2.05, 4.69) is 6.92 Å². The summed E-state index contributed by atoms with van der Waals surface area (Å²) in [5.74, 6) is -1.16. The maximum atomic E-state index is 14.9. The van der Waals surface area contributed by atoms with Gasteiger partial charge in [-0.3, -0.25) is 0 Å². The van der Waals surface area contributed by atoms with Crippen LogP contribution in [0, 0.1) is 23.4 Å². The summed E-state index contributed by atoms with van der Waals surface area (Å²) in [5.41, 5.74) is 3.13. The number of rotatable bonds is 5. The van der Waals surface area contributed by atoms with Crippen molar-refractivity contribution in [3.8, 4) is 28.0 Å². The van der Waals surface area contributed by atoms with E-state index in [1.54, 1.807) is 37.3 Å². The number of benzene rings is 3. The lowest BCUT2D eigenvalue weighted by Gasteiger charge is -2.26. The molecule has 0 atom stereocenters. The maximum absolute atomic E-state index is 14.9. The van der Waals surface area contributed by atoms with E-state index in [4.69, 9.17) is 4.74 Å². The molecular formula is C27H27F3O. The molecule has 0 aliphatic heterocycles. The standard InChI is InChI=1S/C27H27F3O/c1-3-31-25-15-14-23(26(29)27(25)30)20-10-8-18(9-11-20)21-12-13-22(24(28)16-21)19-6-4-17(2)5-7-19/h8-17,19H,3-7H2,1-2H3. The first-order valence-electron chi connectivity index (χ1n) is 11.0. The molecule has 0 heterocycles. The second-order valence-corrected chi connectivity index (χ2v) is 8.44. The average molecular weight is 425 g/mol. The number of halogens is 3. The van der Waals surface area contributed by atoms with Crippen LogP contribution in [0.5, 0.6) is 5.75 Å². The topological polar surface area (TPSA) is 9.23 Å². The first-order valence-corrected chi connectivity index (χ1v) is 11.0. The smallest absolute Gasteiger partial charge is 0.201 e. The highest BCUT2D eigenvalue weighted by Crippen LogP contribution is 2.38. The van der Waals surface area contributed by atoms with Gasteiger partial charge in [-0.25, -0.2) is 8.78 Å². The molecular weight excluding hydrogens is 397 g/mol.